The fourth-order valence-corrected chi connectivity index (χ4v) is 2.70. The molecule has 0 aliphatic carbocycles. The third kappa shape index (κ3) is 2.33. The predicted molar refractivity (Wildman–Crippen MR) is 81.0 cm³/mol. The molecule has 0 saturated heterocycles. The molecular weight excluding hydrogens is 230 g/mol. The maximum atomic E-state index is 4.97. The summed E-state index contributed by atoms with van der Waals surface area (Å²) in [5.41, 5.74) is 6.45. The van der Waals surface area contributed by atoms with E-state index in [4.69, 9.17) is 4.99 Å². The minimum absolute atomic E-state index is 0.422. The van der Waals surface area contributed by atoms with Crippen LogP contribution in [0.1, 0.15) is 35.6 Å². The zero-order valence-corrected chi connectivity index (χ0v) is 11.6. The Bertz CT molecular complexity index is 611. The van der Waals surface area contributed by atoms with Crippen LogP contribution < -0.4 is 0 Å². The molecule has 0 fully saturated rings. The first-order valence-electron chi connectivity index (χ1n) is 7.01. The van der Waals surface area contributed by atoms with Crippen LogP contribution in [0.5, 0.6) is 0 Å². The van der Waals surface area contributed by atoms with Gasteiger partial charge >= 0.3 is 0 Å². The molecule has 2 aromatic carbocycles. The summed E-state index contributed by atoms with van der Waals surface area (Å²) in [6.07, 6.45) is 2.17. The van der Waals surface area contributed by atoms with Gasteiger partial charge in [0.15, 0.2) is 0 Å². The van der Waals surface area contributed by atoms with Crippen molar-refractivity contribution in [3.05, 3.63) is 70.8 Å². The highest BCUT2D eigenvalue weighted by Gasteiger charge is 2.20. The normalized spacial score (nSPS) is 17.8. The first kappa shape index (κ1) is 12.2. The van der Waals surface area contributed by atoms with Crippen LogP contribution in [-0.2, 0) is 6.42 Å². The molecule has 1 heterocycles. The summed E-state index contributed by atoms with van der Waals surface area (Å²) in [5, 5.41) is 0. The zero-order chi connectivity index (χ0) is 13.2. The van der Waals surface area contributed by atoms with Gasteiger partial charge in [0.05, 0.1) is 11.8 Å². The van der Waals surface area contributed by atoms with Gasteiger partial charge in [0.1, 0.15) is 0 Å². The number of benzene rings is 2. The van der Waals surface area contributed by atoms with Crippen molar-refractivity contribution in [1.82, 2.24) is 0 Å². The minimum Gasteiger partial charge on any atom is -0.280 e. The van der Waals surface area contributed by atoms with Gasteiger partial charge in [-0.1, -0.05) is 55.0 Å². The van der Waals surface area contributed by atoms with Gasteiger partial charge in [0.25, 0.3) is 0 Å². The summed E-state index contributed by atoms with van der Waals surface area (Å²) in [5.74, 6) is 0. The Morgan fingerprint density at radius 1 is 1.11 bits per heavy atom. The molecule has 96 valence electrons. The van der Waals surface area contributed by atoms with Gasteiger partial charge in [-0.2, -0.15) is 0 Å². The highest BCUT2D eigenvalue weighted by atomic mass is 14.8. The molecule has 0 spiro atoms. The van der Waals surface area contributed by atoms with Crippen LogP contribution in [0.2, 0.25) is 0 Å². The van der Waals surface area contributed by atoms with Crippen molar-refractivity contribution in [2.75, 3.05) is 0 Å². The van der Waals surface area contributed by atoms with Gasteiger partial charge in [-0.15, -0.1) is 0 Å². The number of hydrogen-bond donors (Lipinski definition) is 0. The van der Waals surface area contributed by atoms with Crippen molar-refractivity contribution in [3.63, 3.8) is 0 Å². The fraction of sp³-hybridized carbons (Fsp3) is 0.278. The summed E-state index contributed by atoms with van der Waals surface area (Å²) in [4.78, 5) is 4.97. The van der Waals surface area contributed by atoms with Crippen LogP contribution in [0.25, 0.3) is 0 Å². The standard InChI is InChI=1S/C18H19N/c1-3-16-12-15-10-9-13(2)11-17(15)18(19-16)14-7-5-4-6-8-14/h4-11,16H,3,12H2,1-2H3. The first-order valence-corrected chi connectivity index (χ1v) is 7.01. The van der Waals surface area contributed by atoms with Crippen LogP contribution in [0.4, 0.5) is 0 Å². The molecule has 0 aromatic heterocycles. The van der Waals surface area contributed by atoms with E-state index in [1.54, 1.807) is 0 Å². The Morgan fingerprint density at radius 2 is 1.89 bits per heavy atom. The lowest BCUT2D eigenvalue weighted by Crippen LogP contribution is -2.21. The molecule has 3 rings (SSSR count). The van der Waals surface area contributed by atoms with Crippen molar-refractivity contribution in [2.24, 2.45) is 4.99 Å². The summed E-state index contributed by atoms with van der Waals surface area (Å²) in [6, 6.07) is 17.7. The van der Waals surface area contributed by atoms with E-state index in [9.17, 15) is 0 Å². The van der Waals surface area contributed by atoms with Gasteiger partial charge in [-0.25, -0.2) is 0 Å². The number of aryl methyl sites for hydroxylation is 1. The molecule has 0 bridgehead atoms. The molecule has 1 atom stereocenters. The molecule has 1 aliphatic heterocycles. The Kier molecular flexibility index (Phi) is 3.20. The molecule has 0 N–H and O–H groups in total. The van der Waals surface area contributed by atoms with Crippen molar-refractivity contribution in [2.45, 2.75) is 32.7 Å². The average Bonchev–Trinajstić information content (AvgIpc) is 2.47. The largest absolute Gasteiger partial charge is 0.280 e. The summed E-state index contributed by atoms with van der Waals surface area (Å²) in [6.45, 7) is 4.37. The van der Waals surface area contributed by atoms with E-state index in [0.29, 0.717) is 6.04 Å². The molecule has 1 aliphatic rings. The highest BCUT2D eigenvalue weighted by Crippen LogP contribution is 2.25. The number of aliphatic imine (C=N–C) groups is 1. The Morgan fingerprint density at radius 3 is 2.63 bits per heavy atom. The summed E-state index contributed by atoms with van der Waals surface area (Å²) in [7, 11) is 0. The minimum atomic E-state index is 0.422. The molecule has 1 nitrogen and oxygen atoms in total. The van der Waals surface area contributed by atoms with E-state index >= 15 is 0 Å². The maximum absolute atomic E-state index is 4.97. The van der Waals surface area contributed by atoms with E-state index in [1.165, 1.54) is 22.3 Å². The molecule has 1 heteroatoms. The topological polar surface area (TPSA) is 12.4 Å². The van der Waals surface area contributed by atoms with Crippen LogP contribution in [0.15, 0.2) is 53.5 Å². The van der Waals surface area contributed by atoms with Gasteiger partial charge in [-0.3, -0.25) is 4.99 Å². The SMILES string of the molecule is CCC1Cc2ccc(C)cc2C(c2ccccc2)=N1. The van der Waals surface area contributed by atoms with Gasteiger partial charge < -0.3 is 0 Å². The molecular formula is C18H19N. The van der Waals surface area contributed by atoms with Crippen molar-refractivity contribution >= 4 is 5.71 Å². The Hall–Kier alpha value is -1.89. The van der Waals surface area contributed by atoms with E-state index < -0.39 is 0 Å². The molecule has 0 radical (unpaired) electrons. The monoisotopic (exact) mass is 249 g/mol. The number of nitrogens with zero attached hydrogens (tertiary/aromatic N) is 1. The van der Waals surface area contributed by atoms with Crippen LogP contribution >= 0.6 is 0 Å². The third-order valence-electron chi connectivity index (χ3n) is 3.81. The van der Waals surface area contributed by atoms with Gasteiger partial charge in [-0.05, 0) is 31.4 Å². The summed E-state index contributed by atoms with van der Waals surface area (Å²) >= 11 is 0. The van der Waals surface area contributed by atoms with E-state index in [-0.39, 0.29) is 0 Å². The van der Waals surface area contributed by atoms with Gasteiger partial charge in [0.2, 0.25) is 0 Å². The molecule has 1 unspecified atom stereocenters. The zero-order valence-electron chi connectivity index (χ0n) is 11.6. The van der Waals surface area contributed by atoms with Gasteiger partial charge in [0, 0.05) is 11.1 Å². The highest BCUT2D eigenvalue weighted by molar-refractivity contribution is 6.14. The quantitative estimate of drug-likeness (QED) is 0.757. The van der Waals surface area contributed by atoms with Crippen LogP contribution in [-0.4, -0.2) is 11.8 Å². The number of rotatable bonds is 2. The van der Waals surface area contributed by atoms with E-state index in [1.807, 2.05) is 0 Å². The maximum Gasteiger partial charge on any atom is 0.0725 e. The molecule has 19 heavy (non-hydrogen) atoms. The fourth-order valence-electron chi connectivity index (χ4n) is 2.70. The van der Waals surface area contributed by atoms with Crippen LogP contribution in [0.3, 0.4) is 0 Å². The van der Waals surface area contributed by atoms with Crippen molar-refractivity contribution in [1.29, 1.82) is 0 Å². The second-order valence-electron chi connectivity index (χ2n) is 5.27. The lowest BCUT2D eigenvalue weighted by molar-refractivity contribution is 0.640. The number of fused-ring (bicyclic) bond motifs is 1. The average molecular weight is 249 g/mol. The second-order valence-corrected chi connectivity index (χ2v) is 5.27. The second kappa shape index (κ2) is 5.00. The Balaban J connectivity index is 2.15. The number of hydrogen-bond acceptors (Lipinski definition) is 1. The van der Waals surface area contributed by atoms with E-state index in [2.05, 4.69) is 62.4 Å². The van der Waals surface area contributed by atoms with Crippen molar-refractivity contribution < 1.29 is 0 Å². The lowest BCUT2D eigenvalue weighted by atomic mass is 9.88. The van der Waals surface area contributed by atoms with Crippen molar-refractivity contribution in [3.8, 4) is 0 Å². The van der Waals surface area contributed by atoms with E-state index in [0.717, 1.165) is 18.6 Å². The molecule has 2 aromatic rings. The smallest absolute Gasteiger partial charge is 0.0725 e. The Labute approximate surface area is 115 Å². The third-order valence-corrected chi connectivity index (χ3v) is 3.81. The molecule has 0 amide bonds. The summed E-state index contributed by atoms with van der Waals surface area (Å²) < 4.78 is 0. The molecule has 0 saturated carbocycles. The van der Waals surface area contributed by atoms with Crippen LogP contribution in [0, 0.1) is 6.92 Å². The first-order chi connectivity index (χ1) is 9.28. The predicted octanol–water partition coefficient (Wildman–Crippen LogP) is 4.17. The lowest BCUT2D eigenvalue weighted by Gasteiger charge is -2.23.